The van der Waals surface area contributed by atoms with E-state index in [0.29, 0.717) is 0 Å². The van der Waals surface area contributed by atoms with Crippen molar-refractivity contribution in [3.63, 3.8) is 0 Å². The lowest BCUT2D eigenvalue weighted by molar-refractivity contribution is 0.605. The van der Waals surface area contributed by atoms with E-state index < -0.39 is 0 Å². The molecule has 110 valence electrons. The Morgan fingerprint density at radius 3 is 1.75 bits per heavy atom. The summed E-state index contributed by atoms with van der Waals surface area (Å²) in [6, 6.07) is 0. The highest BCUT2D eigenvalue weighted by Gasteiger charge is 2.19. The lowest BCUT2D eigenvalue weighted by atomic mass is 9.86. The van der Waals surface area contributed by atoms with Crippen LogP contribution in [-0.4, -0.2) is 4.98 Å². The van der Waals surface area contributed by atoms with Crippen LogP contribution in [0.4, 0.5) is 0 Å². The van der Waals surface area contributed by atoms with Crippen LogP contribution >= 0.6 is 0 Å². The van der Waals surface area contributed by atoms with Crippen molar-refractivity contribution in [3.8, 4) is 0 Å². The minimum Gasteiger partial charge on any atom is -0.258 e. The van der Waals surface area contributed by atoms with Crippen molar-refractivity contribution < 1.29 is 0 Å². The predicted molar refractivity (Wildman–Crippen MR) is 85.3 cm³/mol. The van der Waals surface area contributed by atoms with Crippen LogP contribution in [0.3, 0.4) is 0 Å². The number of nitrogens with zero attached hydrogens (tertiary/aromatic N) is 1. The van der Waals surface area contributed by atoms with Gasteiger partial charge in [-0.05, 0) is 75.0 Å². The van der Waals surface area contributed by atoms with Gasteiger partial charge in [-0.15, -0.1) is 0 Å². The maximum Gasteiger partial charge on any atom is 0.0441 e. The fourth-order valence-corrected chi connectivity index (χ4v) is 4.13. The molecule has 0 unspecified atom stereocenters. The molecule has 1 heterocycles. The molecule has 0 radical (unpaired) electrons. The fourth-order valence-electron chi connectivity index (χ4n) is 4.13. The number of hydrogen-bond acceptors (Lipinski definition) is 1. The average Bonchev–Trinajstić information content (AvgIpc) is 2.51. The summed E-state index contributed by atoms with van der Waals surface area (Å²) in [6.07, 6.45) is 17.7. The second-order valence-electron chi connectivity index (χ2n) is 6.76. The molecule has 2 aliphatic carbocycles. The Kier molecular flexibility index (Phi) is 4.75. The van der Waals surface area contributed by atoms with Gasteiger partial charge in [0.05, 0.1) is 0 Å². The van der Waals surface area contributed by atoms with E-state index in [-0.39, 0.29) is 0 Å². The van der Waals surface area contributed by atoms with Crippen LogP contribution in [0, 0.1) is 6.92 Å². The van der Waals surface area contributed by atoms with Gasteiger partial charge in [0.25, 0.3) is 0 Å². The van der Waals surface area contributed by atoms with Crippen LogP contribution in [0.1, 0.15) is 85.9 Å². The molecule has 1 nitrogen and oxygen atoms in total. The molecular weight excluding hydrogens is 242 g/mol. The Morgan fingerprint density at radius 2 is 1.05 bits per heavy atom. The molecule has 0 spiro atoms. The van der Waals surface area contributed by atoms with Crippen LogP contribution in [0.5, 0.6) is 0 Å². The molecule has 1 aromatic heterocycles. The van der Waals surface area contributed by atoms with Crippen LogP contribution in [0.25, 0.3) is 0 Å². The molecule has 20 heavy (non-hydrogen) atoms. The van der Waals surface area contributed by atoms with Crippen molar-refractivity contribution in [1.82, 2.24) is 4.98 Å². The van der Waals surface area contributed by atoms with Crippen molar-refractivity contribution in [2.45, 2.75) is 90.4 Å². The zero-order chi connectivity index (χ0) is 13.8. The second-order valence-corrected chi connectivity index (χ2v) is 6.76. The highest BCUT2D eigenvalue weighted by molar-refractivity contribution is 5.41. The predicted octanol–water partition coefficient (Wildman–Crippen LogP) is 5.10. The van der Waals surface area contributed by atoms with Crippen molar-refractivity contribution in [2.75, 3.05) is 0 Å². The Bertz CT molecular complexity index is 461. The summed E-state index contributed by atoms with van der Waals surface area (Å²) in [7, 11) is 0. The van der Waals surface area contributed by atoms with E-state index in [1.165, 1.54) is 94.9 Å². The van der Waals surface area contributed by atoms with Gasteiger partial charge in [0, 0.05) is 11.4 Å². The summed E-state index contributed by atoms with van der Waals surface area (Å²) in [4.78, 5) is 5.04. The summed E-state index contributed by atoms with van der Waals surface area (Å²) < 4.78 is 0. The van der Waals surface area contributed by atoms with E-state index in [0.717, 1.165) is 0 Å². The van der Waals surface area contributed by atoms with Crippen LogP contribution in [-0.2, 0) is 25.7 Å². The van der Waals surface area contributed by atoms with Gasteiger partial charge in [0.2, 0.25) is 0 Å². The van der Waals surface area contributed by atoms with E-state index in [4.69, 9.17) is 4.98 Å². The monoisotopic (exact) mass is 271 g/mol. The summed E-state index contributed by atoms with van der Waals surface area (Å²) in [5, 5.41) is 0. The standard InChI is InChI=1S/C19H29N/c1-15-16-11-7-5-6-8-12-17(16)18-13-9-3-2-4-10-14-19(18)20-15/h2-14H2,1H3. The van der Waals surface area contributed by atoms with Gasteiger partial charge < -0.3 is 0 Å². The SMILES string of the molecule is Cc1nc2c(c3c1CCCCCC3)CCCCCCC2. The summed E-state index contributed by atoms with van der Waals surface area (Å²) in [6.45, 7) is 2.26. The third kappa shape index (κ3) is 3.07. The van der Waals surface area contributed by atoms with Crippen LogP contribution in [0.15, 0.2) is 0 Å². The van der Waals surface area contributed by atoms with E-state index in [2.05, 4.69) is 6.92 Å². The van der Waals surface area contributed by atoms with Gasteiger partial charge >= 0.3 is 0 Å². The number of pyridine rings is 1. The second kappa shape index (κ2) is 6.74. The highest BCUT2D eigenvalue weighted by Crippen LogP contribution is 2.30. The van der Waals surface area contributed by atoms with Crippen molar-refractivity contribution in [1.29, 1.82) is 0 Å². The number of hydrogen-bond donors (Lipinski definition) is 0. The highest BCUT2D eigenvalue weighted by atomic mass is 14.7. The molecule has 0 saturated carbocycles. The number of aromatic nitrogens is 1. The third-order valence-electron chi connectivity index (χ3n) is 5.26. The molecule has 0 N–H and O–H groups in total. The van der Waals surface area contributed by atoms with Gasteiger partial charge in [0.1, 0.15) is 0 Å². The molecular formula is C19H29N. The van der Waals surface area contributed by atoms with Gasteiger partial charge in [-0.2, -0.15) is 0 Å². The molecule has 0 atom stereocenters. The maximum atomic E-state index is 5.04. The summed E-state index contributed by atoms with van der Waals surface area (Å²) in [5.74, 6) is 0. The molecule has 0 saturated heterocycles. The fraction of sp³-hybridized carbons (Fsp3) is 0.737. The zero-order valence-electron chi connectivity index (χ0n) is 13.1. The van der Waals surface area contributed by atoms with Gasteiger partial charge in [0.15, 0.2) is 0 Å². The minimum atomic E-state index is 1.23. The maximum absolute atomic E-state index is 5.04. The van der Waals surface area contributed by atoms with Gasteiger partial charge in [-0.25, -0.2) is 0 Å². The van der Waals surface area contributed by atoms with Gasteiger partial charge in [-0.3, -0.25) is 4.98 Å². The molecule has 1 heteroatoms. The molecule has 0 aromatic carbocycles. The van der Waals surface area contributed by atoms with Gasteiger partial charge in [-0.1, -0.05) is 32.1 Å². The average molecular weight is 271 g/mol. The lowest BCUT2D eigenvalue weighted by Gasteiger charge is -2.22. The quantitative estimate of drug-likeness (QED) is 0.640. The third-order valence-corrected chi connectivity index (χ3v) is 5.26. The minimum absolute atomic E-state index is 1.23. The molecule has 0 fully saturated rings. The normalized spacial score (nSPS) is 20.6. The van der Waals surface area contributed by atoms with Crippen LogP contribution < -0.4 is 0 Å². The molecule has 0 aliphatic heterocycles. The van der Waals surface area contributed by atoms with Crippen molar-refractivity contribution in [3.05, 3.63) is 28.1 Å². The lowest BCUT2D eigenvalue weighted by Crippen LogP contribution is -2.12. The Morgan fingerprint density at radius 1 is 0.550 bits per heavy atom. The number of rotatable bonds is 0. The van der Waals surface area contributed by atoms with E-state index in [9.17, 15) is 0 Å². The van der Waals surface area contributed by atoms with Crippen molar-refractivity contribution in [2.24, 2.45) is 0 Å². The Hall–Kier alpha value is -0.850. The first kappa shape index (κ1) is 14.1. The van der Waals surface area contributed by atoms with E-state index >= 15 is 0 Å². The summed E-state index contributed by atoms with van der Waals surface area (Å²) >= 11 is 0. The van der Waals surface area contributed by atoms with E-state index in [1.807, 2.05) is 0 Å². The Labute approximate surface area is 124 Å². The van der Waals surface area contributed by atoms with E-state index in [1.54, 1.807) is 16.7 Å². The molecule has 2 aliphatic rings. The molecule has 3 rings (SSSR count). The Balaban J connectivity index is 2.02. The largest absolute Gasteiger partial charge is 0.258 e. The number of aryl methyl sites for hydroxylation is 2. The topological polar surface area (TPSA) is 12.9 Å². The number of fused-ring (bicyclic) bond motifs is 3. The molecule has 0 bridgehead atoms. The molecule has 0 amide bonds. The summed E-state index contributed by atoms with van der Waals surface area (Å²) in [5.41, 5.74) is 7.84. The smallest absolute Gasteiger partial charge is 0.0441 e. The first-order valence-electron chi connectivity index (χ1n) is 8.86. The first-order chi connectivity index (χ1) is 9.86. The molecule has 1 aromatic rings. The van der Waals surface area contributed by atoms with Crippen molar-refractivity contribution >= 4 is 0 Å². The van der Waals surface area contributed by atoms with Crippen LogP contribution in [0.2, 0.25) is 0 Å². The zero-order valence-corrected chi connectivity index (χ0v) is 13.1. The first-order valence-corrected chi connectivity index (χ1v) is 8.86.